The van der Waals surface area contributed by atoms with Crippen LogP contribution >= 0.6 is 0 Å². The number of rotatable bonds is 3. The van der Waals surface area contributed by atoms with Crippen molar-refractivity contribution in [3.8, 4) is 5.75 Å². The van der Waals surface area contributed by atoms with Crippen LogP contribution in [0.5, 0.6) is 5.75 Å². The average molecular weight is 279 g/mol. The van der Waals surface area contributed by atoms with Gasteiger partial charge in [0.2, 0.25) is 0 Å². The molecule has 0 saturated carbocycles. The van der Waals surface area contributed by atoms with Gasteiger partial charge in [-0.25, -0.2) is 0 Å². The number of ether oxygens (including phenoxy) is 1. The van der Waals surface area contributed by atoms with Gasteiger partial charge in [-0.2, -0.15) is 0 Å². The number of Topliss-reactive ketones (excluding diaryl/α,β-unsaturated/α-hetero) is 1. The Morgan fingerprint density at radius 1 is 1.19 bits per heavy atom. The SMILES string of the molecule is CC(C)Oc1cccc2c1C/C(=C\c1ccncc1)C2=O. The second-order valence-corrected chi connectivity index (χ2v) is 5.40. The molecule has 0 saturated heterocycles. The minimum Gasteiger partial charge on any atom is -0.491 e. The van der Waals surface area contributed by atoms with E-state index >= 15 is 0 Å². The molecular formula is C18H17NO2. The number of hydrogen-bond donors (Lipinski definition) is 0. The number of carbonyl (C=O) groups is 1. The molecular weight excluding hydrogens is 262 g/mol. The summed E-state index contributed by atoms with van der Waals surface area (Å²) in [4.78, 5) is 16.5. The number of hydrogen-bond acceptors (Lipinski definition) is 3. The Balaban J connectivity index is 1.97. The smallest absolute Gasteiger partial charge is 0.189 e. The van der Waals surface area contributed by atoms with E-state index in [2.05, 4.69) is 4.98 Å². The molecule has 0 aliphatic heterocycles. The van der Waals surface area contributed by atoms with Crippen molar-refractivity contribution in [3.05, 3.63) is 65.0 Å². The third-order valence-corrected chi connectivity index (χ3v) is 3.45. The topological polar surface area (TPSA) is 39.2 Å². The lowest BCUT2D eigenvalue weighted by atomic mass is 10.1. The first-order chi connectivity index (χ1) is 10.1. The number of fused-ring (bicyclic) bond motifs is 1. The molecule has 1 aromatic heterocycles. The van der Waals surface area contributed by atoms with Crippen molar-refractivity contribution >= 4 is 11.9 Å². The highest BCUT2D eigenvalue weighted by Crippen LogP contribution is 2.34. The lowest BCUT2D eigenvalue weighted by Gasteiger charge is -2.12. The Kier molecular flexibility index (Phi) is 3.57. The molecule has 0 bridgehead atoms. The fraction of sp³-hybridized carbons (Fsp3) is 0.222. The summed E-state index contributed by atoms with van der Waals surface area (Å²) in [5, 5.41) is 0. The molecule has 1 aliphatic rings. The van der Waals surface area contributed by atoms with Crippen LogP contribution in [0.25, 0.3) is 6.08 Å². The van der Waals surface area contributed by atoms with E-state index < -0.39 is 0 Å². The number of carbonyl (C=O) groups excluding carboxylic acids is 1. The van der Waals surface area contributed by atoms with Gasteiger partial charge in [-0.05, 0) is 43.7 Å². The highest BCUT2D eigenvalue weighted by atomic mass is 16.5. The van der Waals surface area contributed by atoms with Crippen molar-refractivity contribution in [2.75, 3.05) is 0 Å². The van der Waals surface area contributed by atoms with Gasteiger partial charge in [0.25, 0.3) is 0 Å². The molecule has 0 fully saturated rings. The molecule has 0 amide bonds. The summed E-state index contributed by atoms with van der Waals surface area (Å²) < 4.78 is 5.81. The fourth-order valence-electron chi connectivity index (χ4n) is 2.55. The maximum atomic E-state index is 12.5. The molecule has 21 heavy (non-hydrogen) atoms. The van der Waals surface area contributed by atoms with Gasteiger partial charge < -0.3 is 4.74 Å². The summed E-state index contributed by atoms with van der Waals surface area (Å²) in [6.45, 7) is 3.98. The van der Waals surface area contributed by atoms with Crippen LogP contribution in [0.1, 0.15) is 35.3 Å². The third kappa shape index (κ3) is 2.72. The van der Waals surface area contributed by atoms with Gasteiger partial charge >= 0.3 is 0 Å². The predicted molar refractivity (Wildman–Crippen MR) is 82.5 cm³/mol. The summed E-state index contributed by atoms with van der Waals surface area (Å²) in [5.41, 5.74) is 3.55. The molecule has 0 spiro atoms. The summed E-state index contributed by atoms with van der Waals surface area (Å²) in [6, 6.07) is 9.48. The highest BCUT2D eigenvalue weighted by molar-refractivity contribution is 6.16. The van der Waals surface area contributed by atoms with Crippen LogP contribution in [0.4, 0.5) is 0 Å². The van der Waals surface area contributed by atoms with E-state index in [0.29, 0.717) is 6.42 Å². The zero-order valence-corrected chi connectivity index (χ0v) is 12.2. The van der Waals surface area contributed by atoms with Crippen molar-refractivity contribution in [1.29, 1.82) is 0 Å². The van der Waals surface area contributed by atoms with Crippen molar-refractivity contribution in [2.24, 2.45) is 0 Å². The summed E-state index contributed by atoms with van der Waals surface area (Å²) in [6.07, 6.45) is 6.11. The van der Waals surface area contributed by atoms with Crippen LogP contribution in [-0.4, -0.2) is 16.9 Å². The normalized spacial score (nSPS) is 15.6. The number of benzene rings is 1. The molecule has 3 heteroatoms. The molecule has 0 N–H and O–H groups in total. The van der Waals surface area contributed by atoms with E-state index in [-0.39, 0.29) is 11.9 Å². The van der Waals surface area contributed by atoms with Crippen LogP contribution in [-0.2, 0) is 6.42 Å². The second-order valence-electron chi connectivity index (χ2n) is 5.40. The number of pyridine rings is 1. The standard InChI is InChI=1S/C18H17NO2/c1-12(2)21-17-5-3-4-15-16(17)11-14(18(15)20)10-13-6-8-19-9-7-13/h3-10,12H,11H2,1-2H3/b14-10+. The molecule has 3 nitrogen and oxygen atoms in total. The molecule has 0 atom stereocenters. The molecule has 106 valence electrons. The predicted octanol–water partition coefficient (Wildman–Crippen LogP) is 3.69. The lowest BCUT2D eigenvalue weighted by molar-refractivity contribution is 0.104. The van der Waals surface area contributed by atoms with Gasteiger partial charge in [0.15, 0.2) is 5.78 Å². The van der Waals surface area contributed by atoms with E-state index in [4.69, 9.17) is 4.74 Å². The Bertz CT molecular complexity index is 702. The van der Waals surface area contributed by atoms with Crippen molar-refractivity contribution in [3.63, 3.8) is 0 Å². The van der Waals surface area contributed by atoms with Crippen LogP contribution in [0, 0.1) is 0 Å². The lowest BCUT2D eigenvalue weighted by Crippen LogP contribution is -2.07. The minimum absolute atomic E-state index is 0.0935. The Morgan fingerprint density at radius 3 is 2.67 bits per heavy atom. The van der Waals surface area contributed by atoms with Crippen molar-refractivity contribution < 1.29 is 9.53 Å². The van der Waals surface area contributed by atoms with Gasteiger partial charge in [-0.1, -0.05) is 12.1 Å². The van der Waals surface area contributed by atoms with Gasteiger partial charge in [-0.3, -0.25) is 9.78 Å². The van der Waals surface area contributed by atoms with Crippen LogP contribution < -0.4 is 4.74 Å². The van der Waals surface area contributed by atoms with E-state index in [1.807, 2.05) is 50.3 Å². The average Bonchev–Trinajstić information content (AvgIpc) is 2.78. The maximum Gasteiger partial charge on any atom is 0.189 e. The molecule has 3 rings (SSSR count). The first kappa shape index (κ1) is 13.6. The molecule has 1 aliphatic carbocycles. The molecule has 1 heterocycles. The van der Waals surface area contributed by atoms with Gasteiger partial charge in [0.1, 0.15) is 5.75 Å². The zero-order chi connectivity index (χ0) is 14.8. The Labute approximate surface area is 124 Å². The third-order valence-electron chi connectivity index (χ3n) is 3.45. The largest absolute Gasteiger partial charge is 0.491 e. The number of aromatic nitrogens is 1. The monoisotopic (exact) mass is 279 g/mol. The first-order valence-electron chi connectivity index (χ1n) is 7.09. The Morgan fingerprint density at radius 2 is 1.95 bits per heavy atom. The van der Waals surface area contributed by atoms with Gasteiger partial charge in [-0.15, -0.1) is 0 Å². The summed E-state index contributed by atoms with van der Waals surface area (Å²) in [7, 11) is 0. The van der Waals surface area contributed by atoms with Gasteiger partial charge in [0, 0.05) is 35.5 Å². The van der Waals surface area contributed by atoms with Gasteiger partial charge in [0.05, 0.1) is 6.10 Å². The fourth-order valence-corrected chi connectivity index (χ4v) is 2.55. The second kappa shape index (κ2) is 5.52. The first-order valence-corrected chi connectivity index (χ1v) is 7.09. The van der Waals surface area contributed by atoms with Crippen molar-refractivity contribution in [1.82, 2.24) is 4.98 Å². The Hall–Kier alpha value is -2.42. The van der Waals surface area contributed by atoms with E-state index in [1.165, 1.54) is 0 Å². The minimum atomic E-state index is 0.0935. The van der Waals surface area contributed by atoms with Crippen LogP contribution in [0.3, 0.4) is 0 Å². The zero-order valence-electron chi connectivity index (χ0n) is 12.2. The van der Waals surface area contributed by atoms with E-state index in [1.54, 1.807) is 12.4 Å². The van der Waals surface area contributed by atoms with E-state index in [0.717, 1.165) is 28.0 Å². The molecule has 2 aromatic rings. The molecule has 0 radical (unpaired) electrons. The van der Waals surface area contributed by atoms with E-state index in [9.17, 15) is 4.79 Å². The molecule has 0 unspecified atom stereocenters. The van der Waals surface area contributed by atoms with Crippen molar-refractivity contribution in [2.45, 2.75) is 26.4 Å². The van der Waals surface area contributed by atoms with Crippen LogP contribution in [0.15, 0.2) is 48.3 Å². The summed E-state index contributed by atoms with van der Waals surface area (Å²) >= 11 is 0. The number of allylic oxidation sites excluding steroid dienone is 1. The maximum absolute atomic E-state index is 12.5. The highest BCUT2D eigenvalue weighted by Gasteiger charge is 2.27. The summed E-state index contributed by atoms with van der Waals surface area (Å²) in [5.74, 6) is 0.907. The quantitative estimate of drug-likeness (QED) is 0.804. The number of nitrogens with zero attached hydrogens (tertiary/aromatic N) is 1. The molecule has 1 aromatic carbocycles. The van der Waals surface area contributed by atoms with Crippen LogP contribution in [0.2, 0.25) is 0 Å². The number of ketones is 1.